The third-order valence-electron chi connectivity index (χ3n) is 13.8. The minimum atomic E-state index is -2.96. The van der Waals surface area contributed by atoms with E-state index in [1.807, 2.05) is 38.2 Å². The Kier molecular flexibility index (Phi) is 11.4. The predicted octanol–water partition coefficient (Wildman–Crippen LogP) is 7.38. The largest absolute Gasteiger partial charge is 0.488 e. The highest BCUT2D eigenvalue weighted by Crippen LogP contribution is 2.51. The molecule has 3 fully saturated rings. The molecule has 3 saturated heterocycles. The fraction of sp³-hybridized carbons (Fsp3) is 0.388. The van der Waals surface area contributed by atoms with E-state index >= 15 is 0 Å². The van der Waals surface area contributed by atoms with Crippen LogP contribution in [0.5, 0.6) is 5.75 Å². The van der Waals surface area contributed by atoms with Crippen molar-refractivity contribution in [2.75, 3.05) is 40.5 Å². The van der Waals surface area contributed by atoms with Crippen LogP contribution in [0.4, 0.5) is 18.4 Å². The van der Waals surface area contributed by atoms with Crippen LogP contribution >= 0.6 is 0 Å². The van der Waals surface area contributed by atoms with E-state index in [0.717, 1.165) is 50.1 Å². The van der Waals surface area contributed by atoms with E-state index in [2.05, 4.69) is 49.8 Å². The van der Waals surface area contributed by atoms with E-state index in [-0.39, 0.29) is 30.8 Å². The van der Waals surface area contributed by atoms with Crippen molar-refractivity contribution in [3.05, 3.63) is 102 Å². The number of aromatic nitrogens is 4. The van der Waals surface area contributed by atoms with Gasteiger partial charge in [-0.05, 0) is 70.7 Å². The Morgan fingerprint density at radius 2 is 1.72 bits per heavy atom. The summed E-state index contributed by atoms with van der Waals surface area (Å²) in [6, 6.07) is 20.6. The molecule has 0 bridgehead atoms. The van der Waals surface area contributed by atoms with Gasteiger partial charge in [-0.1, -0.05) is 62.4 Å². The van der Waals surface area contributed by atoms with E-state index in [4.69, 9.17) is 28.9 Å². The average Bonchev–Trinajstić information content (AvgIpc) is 3.91. The number of methoxy groups -OCH3 is 2. The van der Waals surface area contributed by atoms with Crippen molar-refractivity contribution in [1.82, 2.24) is 40.4 Å². The Morgan fingerprint density at radius 3 is 2.48 bits per heavy atom. The number of rotatable bonds is 13. The van der Waals surface area contributed by atoms with E-state index in [1.165, 1.54) is 14.2 Å². The van der Waals surface area contributed by atoms with Crippen molar-refractivity contribution in [3.63, 3.8) is 0 Å². The number of ketones is 1. The molecule has 0 spiro atoms. The fourth-order valence-electron chi connectivity index (χ4n) is 10.3. The topological polar surface area (TPSA) is 193 Å². The van der Waals surface area contributed by atoms with E-state index in [1.54, 1.807) is 35.2 Å². The van der Waals surface area contributed by atoms with Gasteiger partial charge >= 0.3 is 18.8 Å². The van der Waals surface area contributed by atoms with Crippen LogP contribution in [-0.4, -0.2) is 112 Å². The summed E-state index contributed by atoms with van der Waals surface area (Å²) < 4.78 is 47.2. The van der Waals surface area contributed by atoms with E-state index in [9.17, 15) is 28.0 Å². The standard InChI is InChI=1S/C49H50F2N8O8/c1-25(2)39(56-47(62)64-3)42(60)49-18-31(21-58(49)24-49)43-52-19-36(54-43)29-10-12-32-30(15-29)23-66-38-17-33-28(16-34(32)38)11-13-35-41(33)55-44(53-35)37-14-26(22-67-46(50)51)20-59(37)45(61)40(57-48(63)65-4)27-8-6-5-7-9-27/h5-13,15-17,19,25-26,31,37,39-40,46H,14,18,20-24H2,1-4H3,(H,52,54)(H,53,55)(H,56,62)(H,57,63)/t26-,31-,37-,39-,40+,49+,58?/m0/s1. The normalized spacial score (nSPS) is 22.5. The molecule has 348 valence electrons. The second kappa shape index (κ2) is 17.4. The molecule has 18 heteroatoms. The number of carbonyl (C=O) groups is 4. The number of alkyl halides is 2. The molecule has 4 aromatic carbocycles. The third-order valence-corrected chi connectivity index (χ3v) is 13.8. The summed E-state index contributed by atoms with van der Waals surface area (Å²) in [6.45, 7) is 2.39. The summed E-state index contributed by atoms with van der Waals surface area (Å²) in [5.74, 6) is 1.05. The monoisotopic (exact) mass is 916 g/mol. The first kappa shape index (κ1) is 43.9. The number of nitrogens with zero attached hydrogens (tertiary/aromatic N) is 4. The van der Waals surface area contributed by atoms with Gasteiger partial charge in [-0.25, -0.2) is 19.6 Å². The highest BCUT2D eigenvalue weighted by atomic mass is 19.3. The Bertz CT molecular complexity index is 2910. The maximum absolute atomic E-state index is 14.4. The summed E-state index contributed by atoms with van der Waals surface area (Å²) in [6.07, 6.45) is 1.33. The van der Waals surface area contributed by atoms with E-state index in [0.29, 0.717) is 55.2 Å². The lowest BCUT2D eigenvalue weighted by molar-refractivity contribution is -0.139. The number of hydrogen-bond acceptors (Lipinski definition) is 11. The lowest BCUT2D eigenvalue weighted by Crippen LogP contribution is -2.50. The number of likely N-dealkylation sites (tertiary alicyclic amines) is 1. The van der Waals surface area contributed by atoms with Crippen LogP contribution in [0.2, 0.25) is 0 Å². The number of aromatic amines is 2. The van der Waals surface area contributed by atoms with Gasteiger partial charge in [0.2, 0.25) is 0 Å². The van der Waals surface area contributed by atoms with Gasteiger partial charge in [0, 0.05) is 42.4 Å². The molecule has 7 atom stereocenters. The quantitative estimate of drug-likeness (QED) is 0.0845. The van der Waals surface area contributed by atoms with Crippen LogP contribution in [0.1, 0.15) is 67.5 Å². The summed E-state index contributed by atoms with van der Waals surface area (Å²) >= 11 is 0. The van der Waals surface area contributed by atoms with Gasteiger partial charge in [-0.15, -0.1) is 0 Å². The molecule has 67 heavy (non-hydrogen) atoms. The SMILES string of the molecule is COC(=O)N[C@H](C(=O)[C@]12C[C@H](c3ncc(-c4ccc5c(c4)COc4cc6c(ccc7[nH]c([C@@H]8C[C@H](COC(F)F)CN8C(=O)[C@H](NC(=O)OC)c8ccccc8)nc76)cc4-5)[nH]3)CN1C2)C(C)C. The zero-order valence-electron chi connectivity index (χ0n) is 37.3. The maximum Gasteiger partial charge on any atom is 0.407 e. The molecular formula is C49H50F2N8O8. The number of ether oxygens (including phenoxy) is 4. The van der Waals surface area contributed by atoms with Crippen LogP contribution in [0.25, 0.3) is 44.2 Å². The van der Waals surface area contributed by atoms with Crippen molar-refractivity contribution < 1.29 is 46.9 Å². The van der Waals surface area contributed by atoms with Crippen LogP contribution in [0.15, 0.2) is 79.0 Å². The highest BCUT2D eigenvalue weighted by Gasteiger charge is 2.65. The van der Waals surface area contributed by atoms with Gasteiger partial charge in [-0.2, -0.15) is 8.78 Å². The number of imidazole rings is 2. The Morgan fingerprint density at radius 1 is 0.925 bits per heavy atom. The van der Waals surface area contributed by atoms with Crippen molar-refractivity contribution in [1.29, 1.82) is 0 Å². The fourth-order valence-corrected chi connectivity index (χ4v) is 10.3. The molecule has 6 aromatic rings. The Balaban J connectivity index is 0.896. The smallest absolute Gasteiger partial charge is 0.407 e. The van der Waals surface area contributed by atoms with Crippen LogP contribution in [0.3, 0.4) is 0 Å². The first-order chi connectivity index (χ1) is 32.3. The van der Waals surface area contributed by atoms with Crippen molar-refractivity contribution >= 4 is 45.7 Å². The number of carbonyl (C=O) groups excluding carboxylic acids is 4. The number of amides is 3. The third kappa shape index (κ3) is 8.11. The molecule has 4 aliphatic rings. The summed E-state index contributed by atoms with van der Waals surface area (Å²) in [5.41, 5.74) is 6.06. The number of hydrogen-bond donors (Lipinski definition) is 4. The zero-order chi connectivity index (χ0) is 46.7. The second-order valence-electron chi connectivity index (χ2n) is 18.2. The van der Waals surface area contributed by atoms with Crippen LogP contribution in [-0.2, 0) is 30.4 Å². The lowest BCUT2D eigenvalue weighted by atomic mass is 9.86. The summed E-state index contributed by atoms with van der Waals surface area (Å²) in [4.78, 5) is 73.2. The van der Waals surface area contributed by atoms with Crippen LogP contribution in [0, 0.1) is 11.8 Å². The number of benzene rings is 4. The van der Waals surface area contributed by atoms with Gasteiger partial charge in [-0.3, -0.25) is 14.5 Å². The van der Waals surface area contributed by atoms with Crippen molar-refractivity contribution in [2.45, 2.75) is 69.5 Å². The number of H-pyrrole nitrogens is 2. The highest BCUT2D eigenvalue weighted by molar-refractivity contribution is 6.07. The number of halogens is 2. The van der Waals surface area contributed by atoms with Crippen LogP contribution < -0.4 is 15.4 Å². The number of fused-ring (bicyclic) bond motifs is 7. The van der Waals surface area contributed by atoms with Crippen molar-refractivity contribution in [2.24, 2.45) is 11.8 Å². The molecule has 6 heterocycles. The molecule has 3 amide bonds. The zero-order valence-corrected chi connectivity index (χ0v) is 37.3. The Hall–Kier alpha value is -6.92. The van der Waals surface area contributed by atoms with Gasteiger partial charge in [0.05, 0.1) is 61.4 Å². The van der Waals surface area contributed by atoms with Crippen molar-refractivity contribution in [3.8, 4) is 28.1 Å². The second-order valence-corrected chi connectivity index (χ2v) is 18.2. The number of piperidine rings is 1. The average molecular weight is 917 g/mol. The molecule has 2 aromatic heterocycles. The molecule has 0 saturated carbocycles. The van der Waals surface area contributed by atoms with Gasteiger partial charge < -0.3 is 44.4 Å². The lowest BCUT2D eigenvalue weighted by Gasteiger charge is -2.28. The van der Waals surface area contributed by atoms with Gasteiger partial charge in [0.15, 0.2) is 5.78 Å². The Labute approximate surface area is 383 Å². The predicted molar refractivity (Wildman–Crippen MR) is 241 cm³/mol. The van der Waals surface area contributed by atoms with Gasteiger partial charge in [0.25, 0.3) is 5.91 Å². The number of Topliss-reactive ketones (excluding diaryl/α,β-unsaturated/α-hetero) is 1. The first-order valence-electron chi connectivity index (χ1n) is 22.3. The number of alkyl carbamates (subject to hydrolysis) is 2. The molecule has 1 unspecified atom stereocenters. The summed E-state index contributed by atoms with van der Waals surface area (Å²) in [5, 5.41) is 7.13. The van der Waals surface area contributed by atoms with Gasteiger partial charge in [0.1, 0.15) is 30.0 Å². The molecule has 0 radical (unpaired) electrons. The maximum atomic E-state index is 14.4. The molecule has 16 nitrogen and oxygen atoms in total. The first-order valence-corrected chi connectivity index (χ1v) is 22.3. The molecular weight excluding hydrogens is 867 g/mol. The molecule has 4 aliphatic heterocycles. The molecule has 4 N–H and O–H groups in total. The molecule has 10 rings (SSSR count). The summed E-state index contributed by atoms with van der Waals surface area (Å²) in [7, 11) is 2.50. The molecule has 0 aliphatic carbocycles. The minimum absolute atomic E-state index is 0.00764. The number of nitrogens with one attached hydrogen (secondary N) is 4. The van der Waals surface area contributed by atoms with E-state index < -0.39 is 54.3 Å². The minimum Gasteiger partial charge on any atom is -0.488 e.